The lowest BCUT2D eigenvalue weighted by Crippen LogP contribution is -2.07. The molecular weight excluding hydrogens is 238 g/mol. The summed E-state index contributed by atoms with van der Waals surface area (Å²) in [5.41, 5.74) is 0.755. The van der Waals surface area contributed by atoms with E-state index in [1.807, 2.05) is 29.6 Å². The molecule has 0 bridgehead atoms. The zero-order valence-electron chi connectivity index (χ0n) is 8.57. The van der Waals surface area contributed by atoms with Crippen LogP contribution in [-0.2, 0) is 0 Å². The van der Waals surface area contributed by atoms with Crippen molar-refractivity contribution in [3.63, 3.8) is 0 Å². The predicted octanol–water partition coefficient (Wildman–Crippen LogP) is 2.18. The van der Waals surface area contributed by atoms with Crippen molar-refractivity contribution in [1.82, 2.24) is 15.0 Å². The summed E-state index contributed by atoms with van der Waals surface area (Å²) in [4.78, 5) is 11.0. The number of aromatic nitrogens is 3. The van der Waals surface area contributed by atoms with E-state index < -0.39 is 5.97 Å². The third kappa shape index (κ3) is 1.58. The van der Waals surface area contributed by atoms with E-state index in [0.29, 0.717) is 5.69 Å². The molecule has 5 nitrogen and oxygen atoms in total. The molecule has 0 amide bonds. The average Bonchev–Trinajstić information content (AvgIpc) is 2.96. The third-order valence-corrected chi connectivity index (χ3v) is 3.35. The minimum absolute atomic E-state index is 0.0552. The fourth-order valence-corrected chi connectivity index (χ4v) is 2.43. The second-order valence-corrected chi connectivity index (χ2v) is 4.43. The highest BCUT2D eigenvalue weighted by atomic mass is 32.1. The summed E-state index contributed by atoms with van der Waals surface area (Å²) in [6.07, 6.45) is 1.24. The Bertz CT molecular complexity index is 701. The van der Waals surface area contributed by atoms with Gasteiger partial charge in [-0.25, -0.2) is 9.48 Å². The quantitative estimate of drug-likeness (QED) is 0.751. The number of hydrogen-bond donors (Lipinski definition) is 1. The van der Waals surface area contributed by atoms with E-state index in [9.17, 15) is 4.79 Å². The maximum atomic E-state index is 11.0. The van der Waals surface area contributed by atoms with Crippen molar-refractivity contribution in [2.75, 3.05) is 0 Å². The van der Waals surface area contributed by atoms with Gasteiger partial charge < -0.3 is 5.11 Å². The van der Waals surface area contributed by atoms with Crippen LogP contribution in [0.3, 0.4) is 0 Å². The molecule has 0 radical (unpaired) electrons. The van der Waals surface area contributed by atoms with Gasteiger partial charge in [-0.2, -0.15) is 0 Å². The molecule has 1 N–H and O–H groups in total. The van der Waals surface area contributed by atoms with E-state index in [1.54, 1.807) is 11.3 Å². The highest BCUT2D eigenvalue weighted by molar-refractivity contribution is 7.17. The van der Waals surface area contributed by atoms with E-state index in [0.717, 1.165) is 10.1 Å². The molecule has 3 rings (SSSR count). The summed E-state index contributed by atoms with van der Waals surface area (Å²) < 4.78 is 2.48. The van der Waals surface area contributed by atoms with Crippen molar-refractivity contribution >= 4 is 27.4 Å². The van der Waals surface area contributed by atoms with Gasteiger partial charge in [-0.05, 0) is 35.0 Å². The van der Waals surface area contributed by atoms with Crippen LogP contribution in [0.25, 0.3) is 15.8 Å². The van der Waals surface area contributed by atoms with Crippen LogP contribution in [0.5, 0.6) is 0 Å². The molecule has 1 aromatic carbocycles. The molecule has 0 saturated carbocycles. The maximum absolute atomic E-state index is 11.0. The van der Waals surface area contributed by atoms with Gasteiger partial charge in [-0.1, -0.05) is 5.21 Å². The lowest BCUT2D eigenvalue weighted by molar-refractivity contribution is 0.0687. The summed E-state index contributed by atoms with van der Waals surface area (Å²) in [6.45, 7) is 0. The molecule has 0 fully saturated rings. The van der Waals surface area contributed by atoms with Gasteiger partial charge in [0.25, 0.3) is 0 Å². The van der Waals surface area contributed by atoms with Gasteiger partial charge in [0, 0.05) is 4.70 Å². The first-order valence-corrected chi connectivity index (χ1v) is 5.75. The number of benzene rings is 1. The number of carboxylic acid groups (broad SMARTS) is 1. The van der Waals surface area contributed by atoms with Crippen LogP contribution in [0.15, 0.2) is 35.8 Å². The van der Waals surface area contributed by atoms with Gasteiger partial charge in [0.2, 0.25) is 0 Å². The molecule has 2 heterocycles. The van der Waals surface area contributed by atoms with Crippen LogP contribution in [0, 0.1) is 0 Å². The second-order valence-electron chi connectivity index (χ2n) is 3.48. The topological polar surface area (TPSA) is 68.0 Å². The van der Waals surface area contributed by atoms with Crippen molar-refractivity contribution in [2.45, 2.75) is 0 Å². The molecule has 0 unspecified atom stereocenters. The van der Waals surface area contributed by atoms with E-state index >= 15 is 0 Å². The minimum Gasteiger partial charge on any atom is -0.476 e. The normalized spacial score (nSPS) is 10.8. The lowest BCUT2D eigenvalue weighted by atomic mass is 10.2. The minimum atomic E-state index is -1.04. The Morgan fingerprint density at radius 1 is 1.35 bits per heavy atom. The Hall–Kier alpha value is -2.21. The first kappa shape index (κ1) is 9.98. The molecule has 3 aromatic rings. The summed E-state index contributed by atoms with van der Waals surface area (Å²) >= 11 is 1.64. The fraction of sp³-hybridized carbons (Fsp3) is 0. The van der Waals surface area contributed by atoms with Crippen LogP contribution in [0.2, 0.25) is 0 Å². The first-order chi connectivity index (χ1) is 8.25. The number of thiophene rings is 1. The number of hydrogen-bond acceptors (Lipinski definition) is 4. The van der Waals surface area contributed by atoms with Gasteiger partial charge in [-0.3, -0.25) is 0 Å². The van der Waals surface area contributed by atoms with Crippen LogP contribution < -0.4 is 0 Å². The van der Waals surface area contributed by atoms with Gasteiger partial charge in [-0.15, -0.1) is 16.4 Å². The van der Waals surface area contributed by atoms with Crippen LogP contribution in [0.1, 0.15) is 10.5 Å². The number of carbonyl (C=O) groups is 1. The van der Waals surface area contributed by atoms with Gasteiger partial charge in [0.05, 0.1) is 11.9 Å². The van der Waals surface area contributed by atoms with Gasteiger partial charge >= 0.3 is 5.97 Å². The Morgan fingerprint density at radius 2 is 2.24 bits per heavy atom. The Morgan fingerprint density at radius 3 is 3.06 bits per heavy atom. The summed E-state index contributed by atoms with van der Waals surface area (Å²) in [5, 5.41) is 19.5. The Labute approximate surface area is 99.9 Å². The predicted molar refractivity (Wildman–Crippen MR) is 63.7 cm³/mol. The summed E-state index contributed by atoms with van der Waals surface area (Å²) in [6, 6.07) is 7.66. The van der Waals surface area contributed by atoms with Crippen LogP contribution >= 0.6 is 11.3 Å². The standard InChI is InChI=1S/C11H7N3O2S/c15-11(16)9-6-12-13-14(9)8-1-2-10-7(5-8)3-4-17-10/h1-6H,(H,15,16). The summed E-state index contributed by atoms with van der Waals surface area (Å²) in [7, 11) is 0. The van der Waals surface area contributed by atoms with Gasteiger partial charge in [0.1, 0.15) is 0 Å². The SMILES string of the molecule is O=C(O)c1cnnn1-c1ccc2sccc2c1. The molecular formula is C11H7N3O2S. The highest BCUT2D eigenvalue weighted by Crippen LogP contribution is 2.23. The molecule has 17 heavy (non-hydrogen) atoms. The summed E-state index contributed by atoms with van der Waals surface area (Å²) in [5.74, 6) is -1.04. The number of aromatic carboxylic acids is 1. The largest absolute Gasteiger partial charge is 0.476 e. The van der Waals surface area contributed by atoms with Crippen LogP contribution in [-0.4, -0.2) is 26.1 Å². The monoisotopic (exact) mass is 245 g/mol. The molecule has 0 atom stereocenters. The maximum Gasteiger partial charge on any atom is 0.356 e. The molecule has 2 aromatic heterocycles. The van der Waals surface area contributed by atoms with Crippen molar-refractivity contribution in [3.05, 3.63) is 41.5 Å². The van der Waals surface area contributed by atoms with E-state index in [-0.39, 0.29) is 5.69 Å². The fourth-order valence-electron chi connectivity index (χ4n) is 1.66. The number of rotatable bonds is 2. The number of nitrogens with zero attached hydrogens (tertiary/aromatic N) is 3. The Kier molecular flexibility index (Phi) is 2.15. The smallest absolute Gasteiger partial charge is 0.356 e. The first-order valence-electron chi connectivity index (χ1n) is 4.87. The van der Waals surface area contributed by atoms with Crippen LogP contribution in [0.4, 0.5) is 0 Å². The van der Waals surface area contributed by atoms with E-state index in [4.69, 9.17) is 5.11 Å². The highest BCUT2D eigenvalue weighted by Gasteiger charge is 2.13. The zero-order chi connectivity index (χ0) is 11.8. The number of fused-ring (bicyclic) bond motifs is 1. The molecule has 0 aliphatic carbocycles. The molecule has 0 saturated heterocycles. The van der Waals surface area contributed by atoms with E-state index in [2.05, 4.69) is 10.3 Å². The molecule has 0 aliphatic rings. The van der Waals surface area contributed by atoms with Crippen molar-refractivity contribution in [2.24, 2.45) is 0 Å². The van der Waals surface area contributed by atoms with E-state index in [1.165, 1.54) is 10.9 Å². The molecule has 84 valence electrons. The average molecular weight is 245 g/mol. The number of carboxylic acids is 1. The van der Waals surface area contributed by atoms with Crippen molar-refractivity contribution < 1.29 is 9.90 Å². The van der Waals surface area contributed by atoms with Crippen molar-refractivity contribution in [1.29, 1.82) is 0 Å². The molecule has 0 aliphatic heterocycles. The van der Waals surface area contributed by atoms with Gasteiger partial charge in [0.15, 0.2) is 5.69 Å². The Balaban J connectivity index is 2.19. The molecule has 0 spiro atoms. The zero-order valence-corrected chi connectivity index (χ0v) is 9.39. The third-order valence-electron chi connectivity index (χ3n) is 2.45. The second kappa shape index (κ2) is 3.67. The molecule has 6 heteroatoms. The van der Waals surface area contributed by atoms with Crippen molar-refractivity contribution in [3.8, 4) is 5.69 Å². The lowest BCUT2D eigenvalue weighted by Gasteiger charge is -2.02.